The van der Waals surface area contributed by atoms with E-state index in [1.54, 1.807) is 24.7 Å². The number of carbonyl (C=O) groups is 1. The van der Waals surface area contributed by atoms with E-state index >= 15 is 0 Å². The quantitative estimate of drug-likeness (QED) is 0.445. The normalized spacial score (nSPS) is 11.0. The molecule has 0 saturated carbocycles. The zero-order valence-corrected chi connectivity index (χ0v) is 16.8. The van der Waals surface area contributed by atoms with Crippen LogP contribution in [0.15, 0.2) is 49.1 Å². The smallest absolute Gasteiger partial charge is 0.407 e. The number of ether oxygens (including phenoxy) is 1. The summed E-state index contributed by atoms with van der Waals surface area (Å²) in [5.41, 5.74) is 7.36. The Hall–Kier alpha value is -3.66. The summed E-state index contributed by atoms with van der Waals surface area (Å²) in [4.78, 5) is 21.8. The van der Waals surface area contributed by atoms with Gasteiger partial charge in [-0.1, -0.05) is 0 Å². The lowest BCUT2D eigenvalue weighted by molar-refractivity contribution is 0.154. The molecular formula is C20H18FN5O3S. The molecule has 0 spiro atoms. The van der Waals surface area contributed by atoms with Crippen LogP contribution in [0.25, 0.3) is 20.8 Å². The van der Waals surface area contributed by atoms with Gasteiger partial charge in [0.25, 0.3) is 0 Å². The zero-order chi connectivity index (χ0) is 21.3. The van der Waals surface area contributed by atoms with E-state index in [1.165, 1.54) is 35.4 Å². The Labute approximate surface area is 175 Å². The minimum absolute atomic E-state index is 0.0819. The molecule has 0 aliphatic carbocycles. The second-order valence-electron chi connectivity index (χ2n) is 6.63. The standard InChI is InChI=1S/C20H18FN5O3S/c1-25(20(27)28)6-7-26-10-15(24-11-26)18-9-14-19(30-18)17(4-5-23-14)29-16-3-2-12(22)8-13(16)21/h2-5,8-11H,6-7,22H2,1H3,(H,27,28). The van der Waals surface area contributed by atoms with Crippen LogP contribution in [0.4, 0.5) is 14.9 Å². The predicted molar refractivity (Wildman–Crippen MR) is 112 cm³/mol. The van der Waals surface area contributed by atoms with E-state index in [1.807, 2.05) is 16.8 Å². The number of nitrogens with zero attached hydrogens (tertiary/aromatic N) is 4. The van der Waals surface area contributed by atoms with E-state index in [-0.39, 0.29) is 5.75 Å². The average Bonchev–Trinajstić information content (AvgIpc) is 3.35. The van der Waals surface area contributed by atoms with Gasteiger partial charge in [0.05, 0.1) is 27.1 Å². The summed E-state index contributed by atoms with van der Waals surface area (Å²) in [6.07, 6.45) is 4.13. The van der Waals surface area contributed by atoms with Gasteiger partial charge in [-0.3, -0.25) is 4.98 Å². The van der Waals surface area contributed by atoms with Gasteiger partial charge in [-0.25, -0.2) is 14.2 Å². The molecule has 3 heterocycles. The molecule has 1 amide bonds. The van der Waals surface area contributed by atoms with Crippen LogP contribution in [0.1, 0.15) is 0 Å². The Morgan fingerprint density at radius 1 is 1.30 bits per heavy atom. The molecule has 0 atom stereocenters. The number of aromatic nitrogens is 3. The highest BCUT2D eigenvalue weighted by molar-refractivity contribution is 7.22. The van der Waals surface area contributed by atoms with Crippen molar-refractivity contribution in [3.8, 4) is 22.1 Å². The predicted octanol–water partition coefficient (Wildman–Crippen LogP) is 4.28. The highest BCUT2D eigenvalue weighted by Gasteiger charge is 2.14. The van der Waals surface area contributed by atoms with Crippen molar-refractivity contribution in [1.29, 1.82) is 0 Å². The van der Waals surface area contributed by atoms with Gasteiger partial charge in [0.2, 0.25) is 0 Å². The largest absolute Gasteiger partial charge is 0.465 e. The van der Waals surface area contributed by atoms with Crippen molar-refractivity contribution in [1.82, 2.24) is 19.4 Å². The van der Waals surface area contributed by atoms with Crippen molar-refractivity contribution >= 4 is 33.3 Å². The highest BCUT2D eigenvalue weighted by atomic mass is 32.1. The average molecular weight is 427 g/mol. The number of amides is 1. The Balaban J connectivity index is 1.58. The summed E-state index contributed by atoms with van der Waals surface area (Å²) in [7, 11) is 1.52. The number of hydrogen-bond acceptors (Lipinski definition) is 6. The number of pyridine rings is 1. The number of likely N-dealkylation sites (N-methyl/N-ethyl adjacent to an activating group) is 1. The van der Waals surface area contributed by atoms with Crippen molar-refractivity contribution in [2.75, 3.05) is 19.3 Å². The third kappa shape index (κ3) is 4.03. The summed E-state index contributed by atoms with van der Waals surface area (Å²) < 4.78 is 22.5. The molecule has 4 rings (SSSR count). The number of anilines is 1. The first-order valence-electron chi connectivity index (χ1n) is 8.98. The molecule has 0 unspecified atom stereocenters. The van der Waals surface area contributed by atoms with Crippen molar-refractivity contribution in [3.05, 3.63) is 54.9 Å². The third-order valence-corrected chi connectivity index (χ3v) is 5.62. The lowest BCUT2D eigenvalue weighted by atomic mass is 10.3. The molecule has 0 radical (unpaired) electrons. The number of halogens is 1. The number of nitrogens with two attached hydrogens (primary N) is 1. The molecule has 0 fully saturated rings. The second-order valence-corrected chi connectivity index (χ2v) is 7.68. The van der Waals surface area contributed by atoms with Crippen LogP contribution in [-0.4, -0.2) is 44.2 Å². The first kappa shape index (κ1) is 19.6. The summed E-state index contributed by atoms with van der Waals surface area (Å²) >= 11 is 1.43. The molecule has 0 aliphatic heterocycles. The van der Waals surface area contributed by atoms with Gasteiger partial charge in [-0.2, -0.15) is 0 Å². The summed E-state index contributed by atoms with van der Waals surface area (Å²) in [5.74, 6) is 0.0303. The fourth-order valence-corrected chi connectivity index (χ4v) is 3.84. The zero-order valence-electron chi connectivity index (χ0n) is 15.9. The number of hydrogen-bond donors (Lipinski definition) is 2. The monoisotopic (exact) mass is 427 g/mol. The number of rotatable bonds is 6. The lowest BCUT2D eigenvalue weighted by Gasteiger charge is -2.12. The van der Waals surface area contributed by atoms with Crippen molar-refractivity contribution < 1.29 is 19.0 Å². The van der Waals surface area contributed by atoms with E-state index in [2.05, 4.69) is 9.97 Å². The highest BCUT2D eigenvalue weighted by Crippen LogP contribution is 2.39. The third-order valence-electron chi connectivity index (χ3n) is 4.46. The topological polar surface area (TPSA) is 107 Å². The van der Waals surface area contributed by atoms with Gasteiger partial charge in [0, 0.05) is 50.4 Å². The number of carboxylic acid groups (broad SMARTS) is 1. The first-order chi connectivity index (χ1) is 14.4. The molecule has 30 heavy (non-hydrogen) atoms. The molecule has 154 valence electrons. The molecule has 8 nitrogen and oxygen atoms in total. The molecule has 3 aromatic heterocycles. The fourth-order valence-electron chi connectivity index (χ4n) is 2.81. The Morgan fingerprint density at radius 2 is 2.13 bits per heavy atom. The van der Waals surface area contributed by atoms with E-state index in [0.29, 0.717) is 30.0 Å². The van der Waals surface area contributed by atoms with Gasteiger partial charge >= 0.3 is 6.09 Å². The van der Waals surface area contributed by atoms with Gasteiger partial charge in [-0.05, 0) is 18.2 Å². The van der Waals surface area contributed by atoms with Gasteiger partial charge in [0.1, 0.15) is 5.75 Å². The number of benzene rings is 1. The number of imidazole rings is 1. The van der Waals surface area contributed by atoms with Crippen molar-refractivity contribution in [2.24, 2.45) is 0 Å². The van der Waals surface area contributed by atoms with E-state index in [9.17, 15) is 9.18 Å². The van der Waals surface area contributed by atoms with E-state index < -0.39 is 11.9 Å². The maximum atomic E-state index is 14.1. The Bertz CT molecular complexity index is 1220. The van der Waals surface area contributed by atoms with Crippen LogP contribution < -0.4 is 10.5 Å². The molecule has 4 aromatic rings. The van der Waals surface area contributed by atoms with Crippen LogP contribution in [-0.2, 0) is 6.54 Å². The molecular weight excluding hydrogens is 409 g/mol. The maximum absolute atomic E-state index is 14.1. The number of fused-ring (bicyclic) bond motifs is 1. The Morgan fingerprint density at radius 3 is 2.90 bits per heavy atom. The van der Waals surface area contributed by atoms with Crippen molar-refractivity contribution in [2.45, 2.75) is 6.54 Å². The summed E-state index contributed by atoms with van der Waals surface area (Å²) in [5, 5.41) is 8.94. The van der Waals surface area contributed by atoms with Crippen LogP contribution in [0.5, 0.6) is 11.5 Å². The van der Waals surface area contributed by atoms with Crippen LogP contribution in [0.3, 0.4) is 0 Å². The summed E-state index contributed by atoms with van der Waals surface area (Å²) in [6, 6.07) is 7.84. The molecule has 10 heteroatoms. The van der Waals surface area contributed by atoms with E-state index in [0.717, 1.165) is 15.3 Å². The number of nitrogen functional groups attached to an aromatic ring is 1. The first-order valence-corrected chi connectivity index (χ1v) is 9.80. The fraction of sp³-hybridized carbons (Fsp3) is 0.150. The van der Waals surface area contributed by atoms with Crippen molar-refractivity contribution in [3.63, 3.8) is 0 Å². The van der Waals surface area contributed by atoms with Gasteiger partial charge < -0.3 is 25.0 Å². The second kappa shape index (κ2) is 7.99. The lowest BCUT2D eigenvalue weighted by Crippen LogP contribution is -2.28. The van der Waals surface area contributed by atoms with Gasteiger partial charge in [-0.15, -0.1) is 11.3 Å². The minimum Gasteiger partial charge on any atom is -0.465 e. The van der Waals surface area contributed by atoms with E-state index in [4.69, 9.17) is 15.6 Å². The summed E-state index contributed by atoms with van der Waals surface area (Å²) in [6.45, 7) is 0.841. The van der Waals surface area contributed by atoms with Crippen LogP contribution in [0.2, 0.25) is 0 Å². The number of thiophene rings is 1. The maximum Gasteiger partial charge on any atom is 0.407 e. The SMILES string of the molecule is CN(CCn1cnc(-c2cc3nccc(Oc4ccc(N)cc4F)c3s2)c1)C(=O)O. The molecule has 0 aliphatic rings. The Kier molecular flexibility index (Phi) is 5.23. The minimum atomic E-state index is -0.976. The van der Waals surface area contributed by atoms with Crippen LogP contribution >= 0.6 is 11.3 Å². The molecule has 1 aromatic carbocycles. The molecule has 0 bridgehead atoms. The van der Waals surface area contributed by atoms with Gasteiger partial charge in [0.15, 0.2) is 11.6 Å². The molecule has 0 saturated heterocycles. The van der Waals surface area contributed by atoms with Crippen LogP contribution in [0, 0.1) is 5.82 Å². The molecule has 3 N–H and O–H groups in total.